The van der Waals surface area contributed by atoms with Crippen LogP contribution in [-0.4, -0.2) is 24.0 Å². The van der Waals surface area contributed by atoms with E-state index < -0.39 is 5.82 Å². The van der Waals surface area contributed by atoms with Crippen LogP contribution >= 0.6 is 11.3 Å². The van der Waals surface area contributed by atoms with Crippen molar-refractivity contribution in [3.8, 4) is 16.2 Å². The van der Waals surface area contributed by atoms with Crippen molar-refractivity contribution in [2.75, 3.05) is 0 Å². The standard InChI is InChI=1S/C24H23FN2O2S/c25-18-12-16(6-9-21(18)29-14-15-4-2-1-3-5-15)22-10-11-23(30-22)24(28)27-20-13-17-7-8-19(20)26-17/h1-6,9-12,17,19-20,26H,7-8,13-14H2,(H,27,28)/t17-,19+,20-/m1/s1. The molecule has 0 radical (unpaired) electrons. The van der Waals surface area contributed by atoms with E-state index in [0.717, 1.165) is 28.8 Å². The molecule has 4 nitrogen and oxygen atoms in total. The van der Waals surface area contributed by atoms with E-state index in [2.05, 4.69) is 10.6 Å². The van der Waals surface area contributed by atoms with Gasteiger partial charge in [0.05, 0.1) is 4.88 Å². The van der Waals surface area contributed by atoms with Crippen LogP contribution in [0.4, 0.5) is 4.39 Å². The van der Waals surface area contributed by atoms with Crippen molar-refractivity contribution >= 4 is 17.2 Å². The van der Waals surface area contributed by atoms with Gasteiger partial charge in [-0.25, -0.2) is 4.39 Å². The Morgan fingerprint density at radius 2 is 2.00 bits per heavy atom. The van der Waals surface area contributed by atoms with E-state index in [9.17, 15) is 9.18 Å². The van der Waals surface area contributed by atoms with E-state index in [-0.39, 0.29) is 17.7 Å². The van der Waals surface area contributed by atoms with Gasteiger partial charge < -0.3 is 15.4 Å². The summed E-state index contributed by atoms with van der Waals surface area (Å²) in [6.07, 6.45) is 3.34. The maximum Gasteiger partial charge on any atom is 0.261 e. The van der Waals surface area contributed by atoms with Crippen LogP contribution < -0.4 is 15.4 Å². The zero-order valence-electron chi connectivity index (χ0n) is 16.4. The number of benzene rings is 2. The Morgan fingerprint density at radius 3 is 2.73 bits per heavy atom. The van der Waals surface area contributed by atoms with Crippen molar-refractivity contribution in [3.63, 3.8) is 0 Å². The molecule has 0 spiro atoms. The molecular formula is C24H23FN2O2S. The van der Waals surface area contributed by atoms with Gasteiger partial charge in [-0.15, -0.1) is 11.3 Å². The number of thiophene rings is 1. The summed E-state index contributed by atoms with van der Waals surface area (Å²) in [5.74, 6) is -0.231. The molecule has 2 fully saturated rings. The fraction of sp³-hybridized carbons (Fsp3) is 0.292. The van der Waals surface area contributed by atoms with Crippen LogP contribution in [0.3, 0.4) is 0 Å². The lowest BCUT2D eigenvalue weighted by molar-refractivity contribution is 0.0935. The van der Waals surface area contributed by atoms with Gasteiger partial charge in [0.25, 0.3) is 5.91 Å². The first-order valence-corrected chi connectivity index (χ1v) is 11.1. The third kappa shape index (κ3) is 3.98. The predicted molar refractivity (Wildman–Crippen MR) is 116 cm³/mol. The first-order valence-electron chi connectivity index (χ1n) is 10.3. The minimum absolute atomic E-state index is 0.0473. The van der Waals surface area contributed by atoms with Gasteiger partial charge in [0.15, 0.2) is 11.6 Å². The SMILES string of the molecule is O=C(N[C@@H]1C[C@H]2CC[C@@H]1N2)c1ccc(-c2ccc(OCc3ccccc3)c(F)c2)s1. The van der Waals surface area contributed by atoms with Crippen LogP contribution in [0, 0.1) is 5.82 Å². The number of carbonyl (C=O) groups excluding carboxylic acids is 1. The van der Waals surface area contributed by atoms with Crippen molar-refractivity contribution in [3.05, 3.63) is 76.9 Å². The predicted octanol–water partition coefficient (Wildman–Crippen LogP) is 4.76. The minimum atomic E-state index is -0.407. The molecule has 2 aromatic carbocycles. The quantitative estimate of drug-likeness (QED) is 0.602. The highest BCUT2D eigenvalue weighted by Gasteiger charge is 2.39. The molecule has 6 heteroatoms. The molecule has 2 saturated heterocycles. The van der Waals surface area contributed by atoms with Gasteiger partial charge in [0, 0.05) is 23.0 Å². The zero-order chi connectivity index (χ0) is 20.5. The third-order valence-electron chi connectivity index (χ3n) is 5.90. The molecule has 2 bridgehead atoms. The van der Waals surface area contributed by atoms with Crippen LogP contribution in [0.2, 0.25) is 0 Å². The van der Waals surface area contributed by atoms with Gasteiger partial charge in [-0.2, -0.15) is 0 Å². The van der Waals surface area contributed by atoms with Crippen LogP contribution in [-0.2, 0) is 6.61 Å². The maximum atomic E-state index is 14.6. The van der Waals surface area contributed by atoms with Crippen molar-refractivity contribution in [1.29, 1.82) is 0 Å². The van der Waals surface area contributed by atoms with Crippen LogP contribution in [0.25, 0.3) is 10.4 Å². The number of hydrogen-bond donors (Lipinski definition) is 2. The Balaban J connectivity index is 1.24. The van der Waals surface area contributed by atoms with Gasteiger partial charge >= 0.3 is 0 Å². The molecule has 3 aromatic rings. The number of ether oxygens (including phenoxy) is 1. The summed E-state index contributed by atoms with van der Waals surface area (Å²) in [5.41, 5.74) is 1.73. The molecule has 154 valence electrons. The molecule has 3 atom stereocenters. The van der Waals surface area contributed by atoms with E-state index >= 15 is 0 Å². The molecule has 2 aliphatic heterocycles. The minimum Gasteiger partial charge on any atom is -0.486 e. The van der Waals surface area contributed by atoms with Gasteiger partial charge in [-0.05, 0) is 60.7 Å². The summed E-state index contributed by atoms with van der Waals surface area (Å²) in [5, 5.41) is 6.69. The monoisotopic (exact) mass is 422 g/mol. The maximum absolute atomic E-state index is 14.6. The molecule has 2 N–H and O–H groups in total. The number of rotatable bonds is 6. The summed E-state index contributed by atoms with van der Waals surface area (Å²) in [7, 11) is 0. The second kappa shape index (κ2) is 8.20. The van der Waals surface area contributed by atoms with E-state index in [0.29, 0.717) is 23.6 Å². The second-order valence-electron chi connectivity index (χ2n) is 7.95. The lowest BCUT2D eigenvalue weighted by Crippen LogP contribution is -2.42. The highest BCUT2D eigenvalue weighted by Crippen LogP contribution is 2.32. The second-order valence-corrected chi connectivity index (χ2v) is 9.03. The first kappa shape index (κ1) is 19.3. The fourth-order valence-electron chi connectivity index (χ4n) is 4.34. The number of carbonyl (C=O) groups is 1. The van der Waals surface area contributed by atoms with Crippen LogP contribution in [0.5, 0.6) is 5.75 Å². The topological polar surface area (TPSA) is 50.4 Å². The molecule has 5 rings (SSSR count). The fourth-order valence-corrected chi connectivity index (χ4v) is 5.25. The first-order chi connectivity index (χ1) is 14.7. The van der Waals surface area contributed by atoms with Gasteiger partial charge in [0.1, 0.15) is 6.61 Å². The Kier molecular flexibility index (Phi) is 5.27. The van der Waals surface area contributed by atoms with Crippen molar-refractivity contribution in [2.24, 2.45) is 0 Å². The number of nitrogens with one attached hydrogen (secondary N) is 2. The molecule has 0 unspecified atom stereocenters. The molecule has 1 aromatic heterocycles. The largest absolute Gasteiger partial charge is 0.486 e. The Bertz CT molecular complexity index is 1050. The molecule has 0 saturated carbocycles. The Morgan fingerprint density at radius 1 is 1.13 bits per heavy atom. The highest BCUT2D eigenvalue weighted by atomic mass is 32.1. The van der Waals surface area contributed by atoms with Crippen molar-refractivity contribution < 1.29 is 13.9 Å². The van der Waals surface area contributed by atoms with E-state index in [4.69, 9.17) is 4.74 Å². The molecular weight excluding hydrogens is 399 g/mol. The smallest absolute Gasteiger partial charge is 0.261 e. The Labute approximate surface area is 179 Å². The lowest BCUT2D eigenvalue weighted by Gasteiger charge is -2.20. The molecule has 1 amide bonds. The average molecular weight is 423 g/mol. The Hall–Kier alpha value is -2.70. The van der Waals surface area contributed by atoms with Crippen LogP contribution in [0.15, 0.2) is 60.7 Å². The molecule has 2 aliphatic rings. The van der Waals surface area contributed by atoms with Gasteiger partial charge in [-0.3, -0.25) is 4.79 Å². The molecule has 30 heavy (non-hydrogen) atoms. The highest BCUT2D eigenvalue weighted by molar-refractivity contribution is 7.17. The summed E-state index contributed by atoms with van der Waals surface area (Å²) in [6, 6.07) is 19.5. The van der Waals surface area contributed by atoms with E-state index in [1.54, 1.807) is 6.07 Å². The summed E-state index contributed by atoms with van der Waals surface area (Å²) in [4.78, 5) is 14.2. The van der Waals surface area contributed by atoms with Crippen molar-refractivity contribution in [1.82, 2.24) is 10.6 Å². The number of amides is 1. The summed E-state index contributed by atoms with van der Waals surface area (Å²) in [6.45, 7) is 0.318. The third-order valence-corrected chi connectivity index (χ3v) is 7.03. The molecule has 3 heterocycles. The summed E-state index contributed by atoms with van der Waals surface area (Å²) >= 11 is 1.38. The number of hydrogen-bond acceptors (Lipinski definition) is 4. The van der Waals surface area contributed by atoms with Crippen molar-refractivity contribution in [2.45, 2.75) is 44.0 Å². The van der Waals surface area contributed by atoms with Gasteiger partial charge in [0.2, 0.25) is 0 Å². The van der Waals surface area contributed by atoms with E-state index in [1.807, 2.05) is 48.5 Å². The normalized spacial score (nSPS) is 22.2. The van der Waals surface area contributed by atoms with Gasteiger partial charge in [-0.1, -0.05) is 30.3 Å². The summed E-state index contributed by atoms with van der Waals surface area (Å²) < 4.78 is 20.2. The average Bonchev–Trinajstić information content (AvgIpc) is 3.51. The number of fused-ring (bicyclic) bond motifs is 2. The van der Waals surface area contributed by atoms with Crippen LogP contribution in [0.1, 0.15) is 34.5 Å². The molecule has 0 aliphatic carbocycles. The zero-order valence-corrected chi connectivity index (χ0v) is 17.3. The van der Waals surface area contributed by atoms with E-state index in [1.165, 1.54) is 23.8 Å². The lowest BCUT2D eigenvalue weighted by atomic mass is 9.95. The number of halogens is 1.